The van der Waals surface area contributed by atoms with Gasteiger partial charge in [0.1, 0.15) is 0 Å². The van der Waals surface area contributed by atoms with Crippen LogP contribution in [0.2, 0.25) is 5.02 Å². The van der Waals surface area contributed by atoms with Crippen molar-refractivity contribution in [3.8, 4) is 0 Å². The Bertz CT molecular complexity index is 386. The topological polar surface area (TPSA) is 29.3 Å². The highest BCUT2D eigenvalue weighted by Gasteiger charge is 2.04. The summed E-state index contributed by atoms with van der Waals surface area (Å²) in [5.74, 6) is 5.98. The van der Waals surface area contributed by atoms with Gasteiger partial charge in [0, 0.05) is 10.7 Å². The van der Waals surface area contributed by atoms with Crippen LogP contribution in [-0.2, 0) is 6.54 Å². The zero-order valence-electron chi connectivity index (χ0n) is 10.1. The first-order valence-corrected chi connectivity index (χ1v) is 5.86. The van der Waals surface area contributed by atoms with E-state index >= 15 is 0 Å². The Kier molecular flexibility index (Phi) is 4.84. The van der Waals surface area contributed by atoms with Crippen molar-refractivity contribution in [1.29, 1.82) is 0 Å². The van der Waals surface area contributed by atoms with Gasteiger partial charge in [-0.15, -0.1) is 0 Å². The van der Waals surface area contributed by atoms with Gasteiger partial charge in [-0.1, -0.05) is 30.7 Å². The second-order valence-electron chi connectivity index (χ2n) is 3.95. The van der Waals surface area contributed by atoms with E-state index < -0.39 is 0 Å². The van der Waals surface area contributed by atoms with Crippen molar-refractivity contribution >= 4 is 11.6 Å². The molecule has 0 unspecified atom stereocenters. The third-order valence-corrected chi connectivity index (χ3v) is 2.84. The largest absolute Gasteiger partial charge is 0.311 e. The van der Waals surface area contributed by atoms with Gasteiger partial charge in [-0.25, -0.2) is 5.84 Å². The molecule has 0 aliphatic carbocycles. The second-order valence-corrected chi connectivity index (χ2v) is 4.39. The van der Waals surface area contributed by atoms with Crippen LogP contribution in [-0.4, -0.2) is 5.01 Å². The fraction of sp³-hybridized carbons (Fsp3) is 0.385. The normalized spacial score (nSPS) is 11.7. The molecule has 0 saturated heterocycles. The monoisotopic (exact) mass is 238 g/mol. The molecule has 0 radical (unpaired) electrons. The molecule has 0 amide bonds. The lowest BCUT2D eigenvalue weighted by atomic mass is 10.1. The number of halogens is 1. The second kappa shape index (κ2) is 5.92. The number of hydrogen-bond donors (Lipinski definition) is 1. The van der Waals surface area contributed by atoms with Gasteiger partial charge in [-0.2, -0.15) is 0 Å². The van der Waals surface area contributed by atoms with Crippen molar-refractivity contribution < 1.29 is 0 Å². The number of hydrazine groups is 1. The third-order valence-electron chi connectivity index (χ3n) is 2.60. The highest BCUT2D eigenvalue weighted by Crippen LogP contribution is 2.17. The van der Waals surface area contributed by atoms with E-state index in [1.54, 1.807) is 5.01 Å². The van der Waals surface area contributed by atoms with Gasteiger partial charge in [0.2, 0.25) is 0 Å². The fourth-order valence-electron chi connectivity index (χ4n) is 1.53. The molecule has 2 nitrogen and oxygen atoms in total. The summed E-state index contributed by atoms with van der Waals surface area (Å²) in [5.41, 5.74) is 3.46. The molecular weight excluding hydrogens is 220 g/mol. The van der Waals surface area contributed by atoms with E-state index in [0.29, 0.717) is 6.54 Å². The molecule has 1 aromatic carbocycles. The Hall–Kier alpha value is -0.990. The number of hydrogen-bond acceptors (Lipinski definition) is 2. The van der Waals surface area contributed by atoms with Crippen molar-refractivity contribution in [2.24, 2.45) is 5.84 Å². The minimum atomic E-state index is 0.689. The van der Waals surface area contributed by atoms with E-state index in [1.807, 2.05) is 25.1 Å². The lowest BCUT2D eigenvalue weighted by Crippen LogP contribution is -2.28. The van der Waals surface area contributed by atoms with E-state index in [1.165, 1.54) is 11.1 Å². The number of nitrogens with two attached hydrogens (primary N) is 1. The van der Waals surface area contributed by atoms with Crippen molar-refractivity contribution in [2.45, 2.75) is 33.7 Å². The van der Waals surface area contributed by atoms with E-state index in [0.717, 1.165) is 17.1 Å². The summed E-state index contributed by atoms with van der Waals surface area (Å²) in [7, 11) is 0. The van der Waals surface area contributed by atoms with Gasteiger partial charge >= 0.3 is 0 Å². The molecule has 0 atom stereocenters. The highest BCUT2D eigenvalue weighted by molar-refractivity contribution is 6.30. The Balaban J connectivity index is 2.80. The van der Waals surface area contributed by atoms with Crippen LogP contribution in [0.3, 0.4) is 0 Å². The lowest BCUT2D eigenvalue weighted by Gasteiger charge is -2.20. The van der Waals surface area contributed by atoms with Crippen LogP contribution in [0.1, 0.15) is 31.4 Å². The SMILES string of the molecule is CC/C=C(/C)N(N)Cc1cc(Cl)ccc1C. The fourth-order valence-corrected chi connectivity index (χ4v) is 1.73. The summed E-state index contributed by atoms with van der Waals surface area (Å²) < 4.78 is 0. The highest BCUT2D eigenvalue weighted by atomic mass is 35.5. The lowest BCUT2D eigenvalue weighted by molar-refractivity contribution is 0.350. The predicted molar refractivity (Wildman–Crippen MR) is 70.0 cm³/mol. The van der Waals surface area contributed by atoms with Gasteiger partial charge in [0.05, 0.1) is 6.54 Å². The van der Waals surface area contributed by atoms with Crippen LogP contribution in [0.5, 0.6) is 0 Å². The van der Waals surface area contributed by atoms with E-state index in [9.17, 15) is 0 Å². The first-order chi connectivity index (χ1) is 7.54. The maximum Gasteiger partial charge on any atom is 0.0591 e. The summed E-state index contributed by atoms with van der Waals surface area (Å²) in [6, 6.07) is 5.89. The van der Waals surface area contributed by atoms with Crippen molar-refractivity contribution in [3.05, 3.63) is 46.1 Å². The summed E-state index contributed by atoms with van der Waals surface area (Å²) in [5, 5.41) is 2.51. The van der Waals surface area contributed by atoms with Gasteiger partial charge in [0.25, 0.3) is 0 Å². The van der Waals surface area contributed by atoms with Crippen LogP contribution in [0.25, 0.3) is 0 Å². The summed E-state index contributed by atoms with van der Waals surface area (Å²) in [6.07, 6.45) is 3.11. The smallest absolute Gasteiger partial charge is 0.0591 e. The zero-order valence-corrected chi connectivity index (χ0v) is 10.9. The minimum absolute atomic E-state index is 0.689. The van der Waals surface area contributed by atoms with Gasteiger partial charge in [-0.3, -0.25) is 0 Å². The Labute approximate surface area is 103 Å². The average Bonchev–Trinajstić information content (AvgIpc) is 2.23. The van der Waals surface area contributed by atoms with E-state index in [4.69, 9.17) is 17.4 Å². The molecule has 2 N–H and O–H groups in total. The molecule has 1 aromatic rings. The molecule has 0 bridgehead atoms. The van der Waals surface area contributed by atoms with Gasteiger partial charge in [0.15, 0.2) is 0 Å². The van der Waals surface area contributed by atoms with Gasteiger partial charge < -0.3 is 5.01 Å². The standard InChI is InChI=1S/C13H19ClN2/c1-4-5-11(3)16(15)9-12-8-13(14)7-6-10(12)2/h5-8H,4,9,15H2,1-3H3/b11-5-. The molecule has 0 saturated carbocycles. The first kappa shape index (κ1) is 13.1. The van der Waals surface area contributed by atoms with Crippen LogP contribution in [0.15, 0.2) is 30.0 Å². The number of rotatable bonds is 4. The van der Waals surface area contributed by atoms with Gasteiger partial charge in [-0.05, 0) is 43.5 Å². The molecular formula is C13H19ClN2. The first-order valence-electron chi connectivity index (χ1n) is 5.48. The molecule has 0 spiro atoms. The van der Waals surface area contributed by atoms with E-state index in [2.05, 4.69) is 19.9 Å². The van der Waals surface area contributed by atoms with E-state index in [-0.39, 0.29) is 0 Å². The number of benzene rings is 1. The molecule has 16 heavy (non-hydrogen) atoms. The Morgan fingerprint density at radius 2 is 2.19 bits per heavy atom. The van der Waals surface area contributed by atoms with Crippen LogP contribution >= 0.6 is 11.6 Å². The molecule has 0 aliphatic heterocycles. The number of allylic oxidation sites excluding steroid dienone is 2. The molecule has 88 valence electrons. The molecule has 3 heteroatoms. The Morgan fingerprint density at radius 1 is 1.50 bits per heavy atom. The van der Waals surface area contributed by atoms with Crippen LogP contribution in [0.4, 0.5) is 0 Å². The third kappa shape index (κ3) is 3.54. The predicted octanol–water partition coefficient (Wildman–Crippen LogP) is 3.64. The van der Waals surface area contributed by atoms with Crippen molar-refractivity contribution in [3.63, 3.8) is 0 Å². The van der Waals surface area contributed by atoms with Crippen molar-refractivity contribution in [1.82, 2.24) is 5.01 Å². The van der Waals surface area contributed by atoms with Crippen LogP contribution in [0, 0.1) is 6.92 Å². The molecule has 0 heterocycles. The summed E-state index contributed by atoms with van der Waals surface area (Å²) >= 11 is 5.97. The molecule has 1 rings (SSSR count). The molecule has 0 aliphatic rings. The number of aryl methyl sites for hydroxylation is 1. The molecule has 0 fully saturated rings. The van der Waals surface area contributed by atoms with Crippen molar-refractivity contribution in [2.75, 3.05) is 0 Å². The minimum Gasteiger partial charge on any atom is -0.311 e. The zero-order chi connectivity index (χ0) is 12.1. The maximum atomic E-state index is 5.98. The molecule has 0 aromatic heterocycles. The maximum absolute atomic E-state index is 5.98. The quantitative estimate of drug-likeness (QED) is 0.641. The number of nitrogens with zero attached hydrogens (tertiary/aromatic N) is 1. The Morgan fingerprint density at radius 3 is 2.81 bits per heavy atom. The average molecular weight is 239 g/mol. The van der Waals surface area contributed by atoms with Crippen LogP contribution < -0.4 is 5.84 Å². The summed E-state index contributed by atoms with van der Waals surface area (Å²) in [6.45, 7) is 6.87. The summed E-state index contributed by atoms with van der Waals surface area (Å²) in [4.78, 5) is 0.